The molecule has 2 fully saturated rings. The van der Waals surface area contributed by atoms with Gasteiger partial charge in [-0.25, -0.2) is 0 Å². The third kappa shape index (κ3) is 3.69. The van der Waals surface area contributed by atoms with Gasteiger partial charge in [-0.2, -0.15) is 5.26 Å². The molecule has 0 bridgehead atoms. The van der Waals surface area contributed by atoms with Gasteiger partial charge < -0.3 is 9.80 Å². The highest BCUT2D eigenvalue weighted by Crippen LogP contribution is 2.28. The SMILES string of the molecule is N#CCC(=O)N1CCN(C(=O)CC2CCCC2)CC1. The van der Waals surface area contributed by atoms with E-state index in [9.17, 15) is 9.59 Å². The molecule has 1 heterocycles. The summed E-state index contributed by atoms with van der Waals surface area (Å²) in [5, 5.41) is 8.50. The van der Waals surface area contributed by atoms with Gasteiger partial charge in [0, 0.05) is 32.6 Å². The molecule has 5 heteroatoms. The smallest absolute Gasteiger partial charge is 0.236 e. The molecule has 0 aromatic rings. The average Bonchev–Trinajstić information content (AvgIpc) is 2.92. The largest absolute Gasteiger partial charge is 0.339 e. The molecule has 2 rings (SSSR count). The minimum Gasteiger partial charge on any atom is -0.339 e. The molecule has 1 saturated carbocycles. The maximum absolute atomic E-state index is 12.1. The van der Waals surface area contributed by atoms with Crippen LogP contribution in [0.25, 0.3) is 0 Å². The Balaban J connectivity index is 1.74. The lowest BCUT2D eigenvalue weighted by Gasteiger charge is -2.35. The second-order valence-electron chi connectivity index (χ2n) is 5.45. The Hall–Kier alpha value is -1.57. The lowest BCUT2D eigenvalue weighted by Crippen LogP contribution is -2.50. The number of hydrogen-bond acceptors (Lipinski definition) is 3. The number of piperazine rings is 1. The molecule has 2 amide bonds. The summed E-state index contributed by atoms with van der Waals surface area (Å²) in [6.07, 6.45) is 5.50. The van der Waals surface area contributed by atoms with Gasteiger partial charge in [-0.1, -0.05) is 12.8 Å². The van der Waals surface area contributed by atoms with Crippen molar-refractivity contribution >= 4 is 11.8 Å². The highest BCUT2D eigenvalue weighted by molar-refractivity contribution is 5.79. The fourth-order valence-electron chi connectivity index (χ4n) is 2.98. The lowest BCUT2D eigenvalue weighted by molar-refractivity contribution is -0.139. The van der Waals surface area contributed by atoms with Crippen LogP contribution < -0.4 is 0 Å². The van der Waals surface area contributed by atoms with Crippen molar-refractivity contribution in [2.24, 2.45) is 5.92 Å². The summed E-state index contributed by atoms with van der Waals surface area (Å²) >= 11 is 0. The third-order valence-corrected chi connectivity index (χ3v) is 4.15. The molecule has 2 aliphatic rings. The Labute approximate surface area is 114 Å². The van der Waals surface area contributed by atoms with Crippen LogP contribution in [-0.2, 0) is 9.59 Å². The van der Waals surface area contributed by atoms with Crippen LogP contribution in [0.3, 0.4) is 0 Å². The van der Waals surface area contributed by atoms with E-state index in [2.05, 4.69) is 0 Å². The lowest BCUT2D eigenvalue weighted by atomic mass is 10.0. The Kier molecular flexibility index (Phi) is 4.78. The summed E-state index contributed by atoms with van der Waals surface area (Å²) < 4.78 is 0. The number of rotatable bonds is 3. The first-order chi connectivity index (χ1) is 9.20. The van der Waals surface area contributed by atoms with Gasteiger partial charge in [0.2, 0.25) is 11.8 Å². The highest BCUT2D eigenvalue weighted by atomic mass is 16.2. The minimum atomic E-state index is -0.120. The van der Waals surface area contributed by atoms with Crippen molar-refractivity contribution in [3.05, 3.63) is 0 Å². The highest BCUT2D eigenvalue weighted by Gasteiger charge is 2.26. The molecule has 104 valence electrons. The number of carbonyl (C=O) groups is 2. The average molecular weight is 263 g/mol. The van der Waals surface area contributed by atoms with Gasteiger partial charge in [0.1, 0.15) is 6.42 Å². The number of nitriles is 1. The molecule has 1 aliphatic carbocycles. The van der Waals surface area contributed by atoms with Gasteiger partial charge in [-0.3, -0.25) is 9.59 Å². The maximum atomic E-state index is 12.1. The van der Waals surface area contributed by atoms with Crippen molar-refractivity contribution in [3.63, 3.8) is 0 Å². The third-order valence-electron chi connectivity index (χ3n) is 4.15. The Bertz CT molecular complexity index is 375. The first kappa shape index (κ1) is 13.9. The van der Waals surface area contributed by atoms with Crippen molar-refractivity contribution in [2.75, 3.05) is 26.2 Å². The van der Waals surface area contributed by atoms with Crippen molar-refractivity contribution in [3.8, 4) is 6.07 Å². The van der Waals surface area contributed by atoms with Crippen molar-refractivity contribution < 1.29 is 9.59 Å². The van der Waals surface area contributed by atoms with E-state index >= 15 is 0 Å². The summed E-state index contributed by atoms with van der Waals surface area (Å²) in [5.74, 6) is 0.690. The molecule has 19 heavy (non-hydrogen) atoms. The summed E-state index contributed by atoms with van der Waals surface area (Å²) in [4.78, 5) is 27.2. The second-order valence-corrected chi connectivity index (χ2v) is 5.45. The van der Waals surface area contributed by atoms with Crippen molar-refractivity contribution in [1.29, 1.82) is 5.26 Å². The Morgan fingerprint density at radius 1 is 1.00 bits per heavy atom. The van der Waals surface area contributed by atoms with Gasteiger partial charge in [0.15, 0.2) is 0 Å². The van der Waals surface area contributed by atoms with Crippen LogP contribution in [0.1, 0.15) is 38.5 Å². The van der Waals surface area contributed by atoms with E-state index in [4.69, 9.17) is 5.26 Å². The van der Waals surface area contributed by atoms with E-state index in [1.54, 1.807) is 4.90 Å². The fraction of sp³-hybridized carbons (Fsp3) is 0.786. The quantitative estimate of drug-likeness (QED) is 0.767. The Morgan fingerprint density at radius 2 is 1.53 bits per heavy atom. The predicted molar refractivity (Wildman–Crippen MR) is 70.0 cm³/mol. The van der Waals surface area contributed by atoms with Crippen molar-refractivity contribution in [1.82, 2.24) is 9.80 Å². The first-order valence-corrected chi connectivity index (χ1v) is 7.13. The van der Waals surface area contributed by atoms with Gasteiger partial charge in [-0.05, 0) is 18.8 Å². The number of hydrogen-bond donors (Lipinski definition) is 0. The second kappa shape index (κ2) is 6.55. The predicted octanol–water partition coefficient (Wildman–Crippen LogP) is 1.15. The van der Waals surface area contributed by atoms with E-state index in [0.29, 0.717) is 38.5 Å². The molecule has 0 aromatic carbocycles. The summed E-state index contributed by atoms with van der Waals surface area (Å²) in [6, 6.07) is 1.88. The molecular formula is C14H21N3O2. The summed E-state index contributed by atoms with van der Waals surface area (Å²) in [6.45, 7) is 2.36. The van der Waals surface area contributed by atoms with Crippen molar-refractivity contribution in [2.45, 2.75) is 38.5 Å². The molecular weight excluding hydrogens is 242 g/mol. The summed E-state index contributed by atoms with van der Waals surface area (Å²) in [5.41, 5.74) is 0. The van der Waals surface area contributed by atoms with Crippen LogP contribution in [0.2, 0.25) is 0 Å². The molecule has 1 aliphatic heterocycles. The van der Waals surface area contributed by atoms with Crippen LogP contribution >= 0.6 is 0 Å². The molecule has 0 atom stereocenters. The monoisotopic (exact) mass is 263 g/mol. The van der Waals surface area contributed by atoms with Gasteiger partial charge in [0.25, 0.3) is 0 Å². The van der Waals surface area contributed by atoms with Crippen LogP contribution in [0.5, 0.6) is 0 Å². The molecule has 0 radical (unpaired) electrons. The van der Waals surface area contributed by atoms with Crippen LogP contribution in [0.4, 0.5) is 0 Å². The van der Waals surface area contributed by atoms with Crippen LogP contribution in [0, 0.1) is 17.2 Å². The van der Waals surface area contributed by atoms with Crippen LogP contribution in [0.15, 0.2) is 0 Å². The zero-order chi connectivity index (χ0) is 13.7. The van der Waals surface area contributed by atoms with Gasteiger partial charge >= 0.3 is 0 Å². The molecule has 0 N–H and O–H groups in total. The zero-order valence-electron chi connectivity index (χ0n) is 11.3. The maximum Gasteiger partial charge on any atom is 0.236 e. The zero-order valence-corrected chi connectivity index (χ0v) is 11.3. The molecule has 5 nitrogen and oxygen atoms in total. The standard InChI is InChI=1S/C14H21N3O2/c15-6-5-13(18)16-7-9-17(10-8-16)14(19)11-12-3-1-2-4-12/h12H,1-5,7-11H2. The fourth-order valence-corrected chi connectivity index (χ4v) is 2.98. The molecule has 1 saturated heterocycles. The van der Waals surface area contributed by atoms with E-state index in [0.717, 1.165) is 0 Å². The van der Waals surface area contributed by atoms with Gasteiger partial charge in [0.05, 0.1) is 6.07 Å². The minimum absolute atomic E-state index is 0.0595. The topological polar surface area (TPSA) is 64.4 Å². The number of carbonyl (C=O) groups excluding carboxylic acids is 2. The summed E-state index contributed by atoms with van der Waals surface area (Å²) in [7, 11) is 0. The van der Waals surface area contributed by atoms with Crippen LogP contribution in [-0.4, -0.2) is 47.8 Å². The van der Waals surface area contributed by atoms with E-state index in [1.165, 1.54) is 25.7 Å². The normalized spacial score (nSPS) is 20.4. The number of amides is 2. The number of nitrogens with zero attached hydrogens (tertiary/aromatic N) is 3. The van der Waals surface area contributed by atoms with Gasteiger partial charge in [-0.15, -0.1) is 0 Å². The molecule has 0 unspecified atom stereocenters. The van der Waals surface area contributed by atoms with E-state index in [1.807, 2.05) is 11.0 Å². The van der Waals surface area contributed by atoms with E-state index < -0.39 is 0 Å². The Morgan fingerprint density at radius 3 is 2.05 bits per heavy atom. The van der Waals surface area contributed by atoms with E-state index in [-0.39, 0.29) is 18.2 Å². The molecule has 0 spiro atoms. The molecule has 0 aromatic heterocycles. The first-order valence-electron chi connectivity index (χ1n) is 7.13.